The second kappa shape index (κ2) is 6.19. The first kappa shape index (κ1) is 16.0. The van der Waals surface area contributed by atoms with Crippen molar-refractivity contribution in [2.24, 2.45) is 0 Å². The molecule has 1 aromatic carbocycles. The monoisotopic (exact) mass is 362 g/mol. The fourth-order valence-corrected chi connectivity index (χ4v) is 3.68. The molecular weight excluding hydrogens is 343 g/mol. The van der Waals surface area contributed by atoms with E-state index in [4.69, 9.17) is 10.1 Å². The van der Waals surface area contributed by atoms with E-state index >= 15 is 0 Å². The summed E-state index contributed by atoms with van der Waals surface area (Å²) in [6.45, 7) is 0.921. The molecule has 7 heteroatoms. The molecule has 0 aliphatic carbocycles. The van der Waals surface area contributed by atoms with Gasteiger partial charge in [0.15, 0.2) is 5.65 Å². The number of benzene rings is 1. The molecule has 4 aromatic rings. The van der Waals surface area contributed by atoms with Gasteiger partial charge in [-0.05, 0) is 49.2 Å². The van der Waals surface area contributed by atoms with Gasteiger partial charge in [0, 0.05) is 25.6 Å². The third-order valence-corrected chi connectivity index (χ3v) is 5.02. The van der Waals surface area contributed by atoms with Crippen molar-refractivity contribution in [1.29, 1.82) is 0 Å². The average Bonchev–Trinajstić information content (AvgIpc) is 3.29. The van der Waals surface area contributed by atoms with Crippen LogP contribution in [0.3, 0.4) is 0 Å². The maximum absolute atomic E-state index is 13.4. The summed E-state index contributed by atoms with van der Waals surface area (Å²) < 4.78 is 17.4. The zero-order valence-electron chi connectivity index (χ0n) is 15.0. The first-order chi connectivity index (χ1) is 13.2. The first-order valence-corrected chi connectivity index (χ1v) is 9.13. The van der Waals surface area contributed by atoms with E-state index in [1.54, 1.807) is 16.6 Å². The quantitative estimate of drug-likeness (QED) is 0.603. The molecule has 0 saturated carbocycles. The summed E-state index contributed by atoms with van der Waals surface area (Å²) in [6.07, 6.45) is 5.07. The van der Waals surface area contributed by atoms with Crippen LogP contribution in [-0.2, 0) is 13.0 Å². The summed E-state index contributed by atoms with van der Waals surface area (Å²) in [5.41, 5.74) is 4.36. The number of aryl methyl sites for hydroxylation is 1. The van der Waals surface area contributed by atoms with Gasteiger partial charge in [0.05, 0.1) is 17.6 Å². The number of nitrogens with zero attached hydrogens (tertiary/aromatic N) is 5. The van der Waals surface area contributed by atoms with Gasteiger partial charge in [-0.1, -0.05) is 0 Å². The van der Waals surface area contributed by atoms with Crippen molar-refractivity contribution in [3.63, 3.8) is 0 Å². The Hall–Kier alpha value is -3.22. The molecule has 0 radical (unpaired) electrons. The Kier molecular flexibility index (Phi) is 3.67. The van der Waals surface area contributed by atoms with Crippen LogP contribution in [0.1, 0.15) is 18.7 Å². The molecule has 4 heterocycles. The number of fused-ring (bicyclic) bond motifs is 2. The Morgan fingerprint density at radius 1 is 1.04 bits per heavy atom. The van der Waals surface area contributed by atoms with E-state index in [9.17, 15) is 4.39 Å². The predicted molar refractivity (Wildman–Crippen MR) is 102 cm³/mol. The Bertz CT molecular complexity index is 1130. The van der Waals surface area contributed by atoms with E-state index in [1.807, 2.05) is 25.4 Å². The molecule has 1 aliphatic rings. The van der Waals surface area contributed by atoms with Crippen LogP contribution in [0.25, 0.3) is 28.3 Å². The average molecular weight is 362 g/mol. The third-order valence-electron chi connectivity index (χ3n) is 5.02. The molecule has 6 nitrogen and oxygen atoms in total. The molecule has 0 saturated heterocycles. The summed E-state index contributed by atoms with van der Waals surface area (Å²) in [5, 5.41) is 7.82. The number of imidazole rings is 2. The Morgan fingerprint density at radius 3 is 2.70 bits per heavy atom. The molecule has 0 bridgehead atoms. The molecule has 0 fully saturated rings. The molecule has 0 unspecified atom stereocenters. The van der Waals surface area contributed by atoms with Gasteiger partial charge < -0.3 is 9.88 Å². The number of rotatable bonds is 3. The second-order valence-corrected chi connectivity index (χ2v) is 6.74. The fourth-order valence-electron chi connectivity index (χ4n) is 3.68. The lowest BCUT2D eigenvalue weighted by molar-refractivity contribution is 0.525. The zero-order valence-corrected chi connectivity index (χ0v) is 15.0. The van der Waals surface area contributed by atoms with Crippen LogP contribution in [0.2, 0.25) is 0 Å². The molecule has 1 N–H and O–H groups in total. The summed E-state index contributed by atoms with van der Waals surface area (Å²) in [5.74, 6) is 1.59. The maximum Gasteiger partial charge on any atom is 0.156 e. The van der Waals surface area contributed by atoms with E-state index in [1.165, 1.54) is 12.1 Å². The Labute approximate surface area is 155 Å². The first-order valence-electron chi connectivity index (χ1n) is 9.13. The van der Waals surface area contributed by atoms with Crippen LogP contribution < -0.4 is 5.32 Å². The van der Waals surface area contributed by atoms with Crippen LogP contribution in [-0.4, -0.2) is 31.2 Å². The Morgan fingerprint density at radius 2 is 1.89 bits per heavy atom. The molecule has 1 aliphatic heterocycles. The highest BCUT2D eigenvalue weighted by Gasteiger charge is 2.23. The van der Waals surface area contributed by atoms with Crippen LogP contribution in [0, 0.1) is 5.82 Å². The lowest BCUT2D eigenvalue weighted by atomic mass is 10.1. The molecule has 3 aromatic heterocycles. The largest absolute Gasteiger partial charge is 0.372 e. The highest BCUT2D eigenvalue weighted by molar-refractivity contribution is 5.77. The van der Waals surface area contributed by atoms with Crippen molar-refractivity contribution in [1.82, 2.24) is 24.1 Å². The zero-order chi connectivity index (χ0) is 18.4. The standard InChI is InChI=1S/C20H19FN6/c1-22-16-12-27-18(23-16)10-9-15(25-27)20-19(13-5-7-14(21)8-6-13)24-17-4-2-3-11-26(17)20/h5-10,12,22H,2-4,11H2,1H3. The van der Waals surface area contributed by atoms with E-state index in [2.05, 4.69) is 14.9 Å². The fraction of sp³-hybridized carbons (Fsp3) is 0.250. The summed E-state index contributed by atoms with van der Waals surface area (Å²) in [4.78, 5) is 9.35. The topological polar surface area (TPSA) is 60.0 Å². The van der Waals surface area contributed by atoms with Crippen LogP contribution >= 0.6 is 0 Å². The number of hydrogen-bond acceptors (Lipinski definition) is 4. The van der Waals surface area contributed by atoms with Gasteiger partial charge in [-0.2, -0.15) is 5.10 Å². The van der Waals surface area contributed by atoms with Crippen molar-refractivity contribution < 1.29 is 4.39 Å². The minimum absolute atomic E-state index is 0.248. The normalized spacial score (nSPS) is 13.7. The molecule has 5 rings (SSSR count). The van der Waals surface area contributed by atoms with Gasteiger partial charge in [-0.3, -0.25) is 0 Å². The Balaban J connectivity index is 1.72. The number of aromatic nitrogens is 5. The van der Waals surface area contributed by atoms with Gasteiger partial charge in [-0.15, -0.1) is 0 Å². The van der Waals surface area contributed by atoms with Gasteiger partial charge in [0.25, 0.3) is 0 Å². The summed E-state index contributed by atoms with van der Waals surface area (Å²) in [7, 11) is 1.84. The van der Waals surface area contributed by atoms with E-state index in [0.717, 1.165) is 65.7 Å². The van der Waals surface area contributed by atoms with E-state index in [0.29, 0.717) is 0 Å². The third kappa shape index (κ3) is 2.66. The predicted octanol–water partition coefficient (Wildman–Crippen LogP) is 3.78. The van der Waals surface area contributed by atoms with Crippen LogP contribution in [0.5, 0.6) is 0 Å². The van der Waals surface area contributed by atoms with Gasteiger partial charge in [-0.25, -0.2) is 18.9 Å². The van der Waals surface area contributed by atoms with Gasteiger partial charge in [0.2, 0.25) is 0 Å². The summed E-state index contributed by atoms with van der Waals surface area (Å²) >= 11 is 0. The minimum atomic E-state index is -0.248. The molecule has 27 heavy (non-hydrogen) atoms. The highest BCUT2D eigenvalue weighted by atomic mass is 19.1. The number of nitrogens with one attached hydrogen (secondary N) is 1. The van der Waals surface area contributed by atoms with E-state index < -0.39 is 0 Å². The smallest absolute Gasteiger partial charge is 0.156 e. The molecule has 0 spiro atoms. The molecular formula is C20H19FN6. The van der Waals surface area contributed by atoms with Gasteiger partial charge >= 0.3 is 0 Å². The van der Waals surface area contributed by atoms with Crippen molar-refractivity contribution in [3.8, 4) is 22.6 Å². The molecule has 136 valence electrons. The van der Waals surface area contributed by atoms with Crippen LogP contribution in [0.15, 0.2) is 42.6 Å². The molecule has 0 atom stereocenters. The van der Waals surface area contributed by atoms with E-state index in [-0.39, 0.29) is 5.82 Å². The van der Waals surface area contributed by atoms with Crippen molar-refractivity contribution in [2.75, 3.05) is 12.4 Å². The molecule has 0 amide bonds. The van der Waals surface area contributed by atoms with Crippen molar-refractivity contribution >= 4 is 11.5 Å². The van der Waals surface area contributed by atoms with Crippen LogP contribution in [0.4, 0.5) is 10.2 Å². The number of anilines is 1. The lowest BCUT2D eigenvalue weighted by Gasteiger charge is -2.16. The highest BCUT2D eigenvalue weighted by Crippen LogP contribution is 2.34. The maximum atomic E-state index is 13.4. The summed E-state index contributed by atoms with van der Waals surface area (Å²) in [6, 6.07) is 10.4. The van der Waals surface area contributed by atoms with Gasteiger partial charge in [0.1, 0.15) is 23.2 Å². The number of hydrogen-bond donors (Lipinski definition) is 1. The van der Waals surface area contributed by atoms with Crippen molar-refractivity contribution in [3.05, 3.63) is 54.2 Å². The minimum Gasteiger partial charge on any atom is -0.372 e. The van der Waals surface area contributed by atoms with Crippen molar-refractivity contribution in [2.45, 2.75) is 25.8 Å². The second-order valence-electron chi connectivity index (χ2n) is 6.74. The lowest BCUT2D eigenvalue weighted by Crippen LogP contribution is -2.12. The SMILES string of the molecule is CNc1cn2nc(-c3c(-c4ccc(F)cc4)nc4n3CCCC4)ccc2n1. The number of halogens is 1.